The third-order valence-corrected chi connectivity index (χ3v) is 5.79. The Kier molecular flexibility index (Phi) is 7.48. The molecule has 0 bridgehead atoms. The molecule has 0 aromatic heterocycles. The van der Waals surface area contributed by atoms with Crippen LogP contribution in [-0.4, -0.2) is 61.4 Å². The maximum atomic E-state index is 12.5. The van der Waals surface area contributed by atoms with Gasteiger partial charge in [-0.2, -0.15) is 0 Å². The Bertz CT molecular complexity index is 893. The Morgan fingerprint density at radius 3 is 2.33 bits per heavy atom. The van der Waals surface area contributed by atoms with Gasteiger partial charge in [0.15, 0.2) is 0 Å². The van der Waals surface area contributed by atoms with Crippen LogP contribution >= 0.6 is 11.6 Å². The molecule has 1 heterocycles. The van der Waals surface area contributed by atoms with Crippen LogP contribution in [0, 0.1) is 13.8 Å². The minimum Gasteiger partial charge on any atom is -0.346 e. The first-order valence-corrected chi connectivity index (χ1v) is 10.6. The van der Waals surface area contributed by atoms with Crippen LogP contribution in [0.4, 0.5) is 5.69 Å². The molecule has 2 N–H and O–H groups in total. The third kappa shape index (κ3) is 5.81. The van der Waals surface area contributed by atoms with Crippen LogP contribution in [0.5, 0.6) is 0 Å². The lowest BCUT2D eigenvalue weighted by atomic mass is 10.0. The molecule has 3 rings (SSSR count). The molecule has 2 aromatic rings. The smallest absolute Gasteiger partial charge is 0.313 e. The van der Waals surface area contributed by atoms with Crippen molar-refractivity contribution in [1.29, 1.82) is 0 Å². The molecule has 1 atom stereocenters. The van der Waals surface area contributed by atoms with E-state index in [2.05, 4.69) is 58.7 Å². The van der Waals surface area contributed by atoms with E-state index in [9.17, 15) is 9.59 Å². The fraction of sp³-hybridized carbons (Fsp3) is 0.391. The topological polar surface area (TPSA) is 64.7 Å². The molecule has 0 spiro atoms. The second kappa shape index (κ2) is 10.1. The number of hydrogen-bond donors (Lipinski definition) is 2. The van der Waals surface area contributed by atoms with Gasteiger partial charge in [-0.3, -0.25) is 14.5 Å². The number of carbonyl (C=O) groups excluding carboxylic acids is 2. The second-order valence-corrected chi connectivity index (χ2v) is 8.33. The van der Waals surface area contributed by atoms with Gasteiger partial charge in [-0.1, -0.05) is 47.5 Å². The fourth-order valence-corrected chi connectivity index (χ4v) is 3.73. The SMILES string of the molecule is Cc1ccc(C(CNC(=O)C(=O)Nc2cc(Cl)ccc2C)N2CCN(C)CC2)cc1. The molecular weight excluding hydrogens is 400 g/mol. The third-order valence-electron chi connectivity index (χ3n) is 5.55. The molecule has 30 heavy (non-hydrogen) atoms. The molecule has 0 aliphatic carbocycles. The molecule has 0 saturated carbocycles. The normalized spacial score (nSPS) is 16.1. The molecule has 160 valence electrons. The number of amides is 2. The van der Waals surface area contributed by atoms with Gasteiger partial charge in [0.25, 0.3) is 0 Å². The number of anilines is 1. The van der Waals surface area contributed by atoms with Crippen molar-refractivity contribution in [2.45, 2.75) is 19.9 Å². The lowest BCUT2D eigenvalue weighted by Gasteiger charge is -2.38. The summed E-state index contributed by atoms with van der Waals surface area (Å²) in [6.45, 7) is 8.06. The van der Waals surface area contributed by atoms with Crippen molar-refractivity contribution in [3.63, 3.8) is 0 Å². The van der Waals surface area contributed by atoms with Gasteiger partial charge >= 0.3 is 11.8 Å². The zero-order valence-corrected chi connectivity index (χ0v) is 18.5. The van der Waals surface area contributed by atoms with Crippen molar-refractivity contribution in [1.82, 2.24) is 15.1 Å². The van der Waals surface area contributed by atoms with Crippen molar-refractivity contribution in [2.75, 3.05) is 45.1 Å². The Labute approximate surface area is 183 Å². The van der Waals surface area contributed by atoms with Crippen molar-refractivity contribution in [3.8, 4) is 0 Å². The van der Waals surface area contributed by atoms with Gasteiger partial charge in [-0.05, 0) is 44.2 Å². The van der Waals surface area contributed by atoms with Gasteiger partial charge in [-0.15, -0.1) is 0 Å². The summed E-state index contributed by atoms with van der Waals surface area (Å²) in [7, 11) is 2.11. The van der Waals surface area contributed by atoms with E-state index in [4.69, 9.17) is 11.6 Å². The van der Waals surface area contributed by atoms with Gasteiger partial charge in [0.2, 0.25) is 0 Å². The molecule has 2 amide bonds. The lowest BCUT2D eigenvalue weighted by molar-refractivity contribution is -0.136. The fourth-order valence-electron chi connectivity index (χ4n) is 3.56. The molecule has 7 heteroatoms. The molecule has 0 radical (unpaired) electrons. The summed E-state index contributed by atoms with van der Waals surface area (Å²) in [6.07, 6.45) is 0. The predicted octanol–water partition coefficient (Wildman–Crippen LogP) is 3.00. The zero-order valence-electron chi connectivity index (χ0n) is 17.7. The highest BCUT2D eigenvalue weighted by Crippen LogP contribution is 2.23. The van der Waals surface area contributed by atoms with Crippen LogP contribution < -0.4 is 10.6 Å². The van der Waals surface area contributed by atoms with Crippen LogP contribution in [0.3, 0.4) is 0 Å². The minimum atomic E-state index is -0.693. The Morgan fingerprint density at radius 2 is 1.67 bits per heavy atom. The van der Waals surface area contributed by atoms with E-state index in [0.717, 1.165) is 37.3 Å². The summed E-state index contributed by atoms with van der Waals surface area (Å²) in [5.41, 5.74) is 3.71. The van der Waals surface area contributed by atoms with Crippen molar-refractivity contribution >= 4 is 29.1 Å². The monoisotopic (exact) mass is 428 g/mol. The molecular formula is C23H29ClN4O2. The molecule has 1 fully saturated rings. The van der Waals surface area contributed by atoms with Gasteiger partial charge in [0, 0.05) is 43.4 Å². The Morgan fingerprint density at radius 1 is 1.00 bits per heavy atom. The molecule has 2 aromatic carbocycles. The first-order valence-electron chi connectivity index (χ1n) is 10.2. The Balaban J connectivity index is 1.66. The van der Waals surface area contributed by atoms with Crippen LogP contribution in [0.25, 0.3) is 0 Å². The zero-order chi connectivity index (χ0) is 21.7. The molecule has 6 nitrogen and oxygen atoms in total. The highest BCUT2D eigenvalue weighted by atomic mass is 35.5. The molecule has 1 aliphatic rings. The maximum absolute atomic E-state index is 12.5. The Hall–Kier alpha value is -2.41. The summed E-state index contributed by atoms with van der Waals surface area (Å²) >= 11 is 6.00. The summed E-state index contributed by atoms with van der Waals surface area (Å²) < 4.78 is 0. The van der Waals surface area contributed by atoms with Crippen LogP contribution in [0.2, 0.25) is 5.02 Å². The quantitative estimate of drug-likeness (QED) is 0.718. The number of likely N-dealkylation sites (N-methyl/N-ethyl adjacent to an activating group) is 1. The summed E-state index contributed by atoms with van der Waals surface area (Å²) in [5.74, 6) is -1.35. The average Bonchev–Trinajstić information content (AvgIpc) is 2.73. The number of halogens is 1. The second-order valence-electron chi connectivity index (χ2n) is 7.89. The number of rotatable bonds is 5. The highest BCUT2D eigenvalue weighted by Gasteiger charge is 2.25. The number of benzene rings is 2. The van der Waals surface area contributed by atoms with E-state index in [1.807, 2.05) is 6.92 Å². The first-order chi connectivity index (χ1) is 14.3. The number of nitrogens with one attached hydrogen (secondary N) is 2. The van der Waals surface area contributed by atoms with Crippen LogP contribution in [0.1, 0.15) is 22.7 Å². The van der Waals surface area contributed by atoms with E-state index in [-0.39, 0.29) is 6.04 Å². The molecule has 1 unspecified atom stereocenters. The van der Waals surface area contributed by atoms with Crippen LogP contribution in [0.15, 0.2) is 42.5 Å². The van der Waals surface area contributed by atoms with Gasteiger partial charge in [-0.25, -0.2) is 0 Å². The lowest BCUT2D eigenvalue weighted by Crippen LogP contribution is -2.49. The first kappa shape index (κ1) is 22.3. The largest absolute Gasteiger partial charge is 0.346 e. The summed E-state index contributed by atoms with van der Waals surface area (Å²) in [5, 5.41) is 5.98. The minimum absolute atomic E-state index is 0.0176. The standard InChI is InChI=1S/C23H29ClN4O2/c1-16-4-7-18(8-5-16)21(28-12-10-27(3)11-13-28)15-25-22(29)23(30)26-20-14-19(24)9-6-17(20)2/h4-9,14,21H,10-13,15H2,1-3H3,(H,25,29)(H,26,30). The highest BCUT2D eigenvalue weighted by molar-refractivity contribution is 6.40. The van der Waals surface area contributed by atoms with Crippen LogP contribution in [-0.2, 0) is 9.59 Å². The van der Waals surface area contributed by atoms with Crippen molar-refractivity contribution in [2.24, 2.45) is 0 Å². The predicted molar refractivity (Wildman–Crippen MR) is 121 cm³/mol. The van der Waals surface area contributed by atoms with Gasteiger partial charge in [0.1, 0.15) is 0 Å². The maximum Gasteiger partial charge on any atom is 0.313 e. The average molecular weight is 429 g/mol. The van der Waals surface area contributed by atoms with E-state index >= 15 is 0 Å². The molecule has 1 aliphatic heterocycles. The van der Waals surface area contributed by atoms with Gasteiger partial charge in [0.05, 0.1) is 6.04 Å². The molecule has 1 saturated heterocycles. The summed E-state index contributed by atoms with van der Waals surface area (Å²) in [4.78, 5) is 29.5. The van der Waals surface area contributed by atoms with E-state index in [0.29, 0.717) is 17.3 Å². The number of hydrogen-bond acceptors (Lipinski definition) is 4. The van der Waals surface area contributed by atoms with E-state index in [1.54, 1.807) is 18.2 Å². The number of piperazine rings is 1. The number of aryl methyl sites for hydroxylation is 2. The van der Waals surface area contributed by atoms with E-state index in [1.165, 1.54) is 5.56 Å². The van der Waals surface area contributed by atoms with E-state index < -0.39 is 11.8 Å². The number of nitrogens with zero attached hydrogens (tertiary/aromatic N) is 2. The summed E-state index contributed by atoms with van der Waals surface area (Å²) in [6, 6.07) is 13.6. The van der Waals surface area contributed by atoms with Crippen molar-refractivity contribution < 1.29 is 9.59 Å². The van der Waals surface area contributed by atoms with Gasteiger partial charge < -0.3 is 15.5 Å². The number of carbonyl (C=O) groups is 2. The van der Waals surface area contributed by atoms with Crippen molar-refractivity contribution in [3.05, 3.63) is 64.2 Å².